The quantitative estimate of drug-likeness (QED) is 0.275. The van der Waals surface area contributed by atoms with Crippen LogP contribution in [0.4, 0.5) is 0 Å². The monoisotopic (exact) mass is 438 g/mol. The van der Waals surface area contributed by atoms with Crippen molar-refractivity contribution in [2.75, 3.05) is 20.3 Å². The summed E-state index contributed by atoms with van der Waals surface area (Å²) in [7, 11) is -0.353. The van der Waals surface area contributed by atoms with Crippen molar-refractivity contribution in [3.05, 3.63) is 41.5 Å². The number of aliphatic hydroxyl groups excluding tert-OH is 2. The number of rotatable bonds is 12. The molecular formula is C24H42O5Si. The first-order valence-electron chi connectivity index (χ1n) is 10.8. The molecule has 0 aromatic heterocycles. The van der Waals surface area contributed by atoms with E-state index >= 15 is 0 Å². The molecule has 0 unspecified atom stereocenters. The Hall–Kier alpha value is -1.18. The summed E-state index contributed by atoms with van der Waals surface area (Å²) >= 11 is 0. The number of methoxy groups -OCH3 is 1. The van der Waals surface area contributed by atoms with E-state index in [4.69, 9.17) is 13.9 Å². The van der Waals surface area contributed by atoms with Crippen molar-refractivity contribution in [2.24, 2.45) is 5.92 Å². The Balaban J connectivity index is 2.66. The third kappa shape index (κ3) is 8.15. The van der Waals surface area contributed by atoms with E-state index < -0.39 is 14.4 Å². The van der Waals surface area contributed by atoms with Crippen LogP contribution in [0, 0.1) is 5.92 Å². The highest BCUT2D eigenvalue weighted by atomic mass is 28.4. The molecule has 1 aromatic carbocycles. The average Bonchev–Trinajstić information content (AvgIpc) is 2.69. The van der Waals surface area contributed by atoms with Crippen LogP contribution in [0.5, 0.6) is 5.75 Å². The standard InChI is InChI=1S/C24H42O5Si/c1-18(14-16-28-17-20-9-11-21(27-6)12-10-20)23(26)19(2)22(13-15-25)29-30(7,8)24(3,4)5/h9-12,14,19,22-23,25-26H,13,15-17H2,1-8H3/b18-14+/t19-,22-,23-/m0/s1. The number of hydrogen-bond donors (Lipinski definition) is 2. The van der Waals surface area contributed by atoms with Gasteiger partial charge in [0.05, 0.1) is 32.5 Å². The first-order valence-corrected chi connectivity index (χ1v) is 13.7. The molecule has 0 bridgehead atoms. The highest BCUT2D eigenvalue weighted by Gasteiger charge is 2.41. The van der Waals surface area contributed by atoms with Gasteiger partial charge in [-0.3, -0.25) is 0 Å². The molecule has 0 spiro atoms. The fraction of sp³-hybridized carbons (Fsp3) is 0.667. The molecule has 0 saturated heterocycles. The molecule has 0 fully saturated rings. The Morgan fingerprint density at radius 3 is 2.27 bits per heavy atom. The van der Waals surface area contributed by atoms with Crippen molar-refractivity contribution in [1.82, 2.24) is 0 Å². The van der Waals surface area contributed by atoms with Crippen molar-refractivity contribution in [3.8, 4) is 5.75 Å². The zero-order valence-electron chi connectivity index (χ0n) is 20.1. The molecule has 3 atom stereocenters. The van der Waals surface area contributed by atoms with Gasteiger partial charge in [0.15, 0.2) is 8.32 Å². The van der Waals surface area contributed by atoms with E-state index in [1.165, 1.54) is 0 Å². The molecule has 1 rings (SSSR count). The van der Waals surface area contributed by atoms with Crippen molar-refractivity contribution in [1.29, 1.82) is 0 Å². The lowest BCUT2D eigenvalue weighted by molar-refractivity contribution is 0.0317. The summed E-state index contributed by atoms with van der Waals surface area (Å²) in [6.07, 6.45) is 1.62. The van der Waals surface area contributed by atoms with Gasteiger partial charge >= 0.3 is 0 Å². The van der Waals surface area contributed by atoms with Crippen LogP contribution >= 0.6 is 0 Å². The van der Waals surface area contributed by atoms with E-state index in [0.717, 1.165) is 16.9 Å². The molecule has 0 radical (unpaired) electrons. The molecule has 0 heterocycles. The number of aliphatic hydroxyl groups is 2. The van der Waals surface area contributed by atoms with Gasteiger partial charge in [-0.05, 0) is 54.7 Å². The maximum atomic E-state index is 10.9. The zero-order valence-corrected chi connectivity index (χ0v) is 21.1. The normalized spacial score (nSPS) is 16.3. The molecule has 0 aliphatic rings. The van der Waals surface area contributed by atoms with Crippen molar-refractivity contribution in [2.45, 2.75) is 78.0 Å². The molecule has 0 aliphatic carbocycles. The SMILES string of the molecule is COc1ccc(COC/C=C(\C)[C@H](O)[C@@H](C)[C@H](CCO)O[Si](C)(C)C(C)(C)C)cc1. The summed E-state index contributed by atoms with van der Waals surface area (Å²) in [5.41, 5.74) is 1.93. The van der Waals surface area contributed by atoms with E-state index in [-0.39, 0.29) is 23.7 Å². The fourth-order valence-corrected chi connectivity index (χ4v) is 4.38. The van der Waals surface area contributed by atoms with Gasteiger partial charge in [-0.2, -0.15) is 0 Å². The minimum atomic E-state index is -2.00. The van der Waals surface area contributed by atoms with Crippen LogP contribution in [0.2, 0.25) is 18.1 Å². The maximum Gasteiger partial charge on any atom is 0.192 e. The first-order chi connectivity index (χ1) is 13.9. The summed E-state index contributed by atoms with van der Waals surface area (Å²) in [6, 6.07) is 7.78. The second kappa shape index (κ2) is 12.0. The molecule has 6 heteroatoms. The second-order valence-electron chi connectivity index (χ2n) is 9.54. The molecule has 30 heavy (non-hydrogen) atoms. The molecule has 1 aromatic rings. The van der Waals surface area contributed by atoms with Crippen LogP contribution in [-0.2, 0) is 15.8 Å². The lowest BCUT2D eigenvalue weighted by Crippen LogP contribution is -2.47. The van der Waals surface area contributed by atoms with Gasteiger partial charge in [-0.15, -0.1) is 0 Å². The van der Waals surface area contributed by atoms with Crippen LogP contribution in [0.3, 0.4) is 0 Å². The van der Waals surface area contributed by atoms with Crippen molar-refractivity contribution >= 4 is 8.32 Å². The highest BCUT2D eigenvalue weighted by molar-refractivity contribution is 6.74. The summed E-state index contributed by atoms with van der Waals surface area (Å²) in [6.45, 7) is 15.9. The van der Waals surface area contributed by atoms with E-state index in [1.54, 1.807) is 7.11 Å². The van der Waals surface area contributed by atoms with Gasteiger partial charge in [0.25, 0.3) is 0 Å². The van der Waals surface area contributed by atoms with Crippen LogP contribution in [-0.4, -0.2) is 51.1 Å². The molecule has 5 nitrogen and oxygen atoms in total. The summed E-state index contributed by atoms with van der Waals surface area (Å²) in [5.74, 6) is 0.702. The van der Waals surface area contributed by atoms with Gasteiger partial charge in [0.1, 0.15) is 5.75 Å². The van der Waals surface area contributed by atoms with E-state index in [9.17, 15) is 10.2 Å². The lowest BCUT2D eigenvalue weighted by atomic mass is 9.91. The predicted molar refractivity (Wildman–Crippen MR) is 125 cm³/mol. The fourth-order valence-electron chi connectivity index (χ4n) is 2.94. The minimum absolute atomic E-state index is 0.0457. The van der Waals surface area contributed by atoms with Crippen LogP contribution in [0.15, 0.2) is 35.9 Å². The molecule has 0 aliphatic heterocycles. The lowest BCUT2D eigenvalue weighted by Gasteiger charge is -2.41. The van der Waals surface area contributed by atoms with Crippen LogP contribution in [0.1, 0.15) is 46.6 Å². The van der Waals surface area contributed by atoms with E-state index in [1.807, 2.05) is 44.2 Å². The highest BCUT2D eigenvalue weighted by Crippen LogP contribution is 2.39. The molecule has 2 N–H and O–H groups in total. The third-order valence-corrected chi connectivity index (χ3v) is 10.7. The van der Waals surface area contributed by atoms with Gasteiger partial charge in [0.2, 0.25) is 0 Å². The van der Waals surface area contributed by atoms with Crippen LogP contribution < -0.4 is 4.74 Å². The van der Waals surface area contributed by atoms with Crippen LogP contribution in [0.25, 0.3) is 0 Å². The summed E-state index contributed by atoms with van der Waals surface area (Å²) < 4.78 is 17.4. The molecule has 0 saturated carbocycles. The first kappa shape index (κ1) is 26.9. The van der Waals surface area contributed by atoms with E-state index in [2.05, 4.69) is 33.9 Å². The smallest absolute Gasteiger partial charge is 0.192 e. The number of ether oxygens (including phenoxy) is 2. The molecular weight excluding hydrogens is 396 g/mol. The number of benzene rings is 1. The molecule has 0 amide bonds. The minimum Gasteiger partial charge on any atom is -0.497 e. The third-order valence-electron chi connectivity index (χ3n) is 6.17. The second-order valence-corrected chi connectivity index (χ2v) is 14.3. The van der Waals surface area contributed by atoms with Crippen molar-refractivity contribution in [3.63, 3.8) is 0 Å². The zero-order chi connectivity index (χ0) is 22.9. The Labute approximate surface area is 184 Å². The van der Waals surface area contributed by atoms with E-state index in [0.29, 0.717) is 19.6 Å². The average molecular weight is 439 g/mol. The number of hydrogen-bond acceptors (Lipinski definition) is 5. The summed E-state index contributed by atoms with van der Waals surface area (Å²) in [5, 5.41) is 20.5. The predicted octanol–water partition coefficient (Wildman–Crippen LogP) is 4.93. The molecule has 172 valence electrons. The maximum absolute atomic E-state index is 10.9. The van der Waals surface area contributed by atoms with Gasteiger partial charge in [0, 0.05) is 12.5 Å². The Morgan fingerprint density at radius 2 is 1.77 bits per heavy atom. The largest absolute Gasteiger partial charge is 0.497 e. The van der Waals surface area contributed by atoms with Crippen molar-refractivity contribution < 1.29 is 24.1 Å². The Bertz CT molecular complexity index is 649. The van der Waals surface area contributed by atoms with Gasteiger partial charge in [-0.1, -0.05) is 45.9 Å². The summed E-state index contributed by atoms with van der Waals surface area (Å²) in [4.78, 5) is 0. The van der Waals surface area contributed by atoms with Gasteiger partial charge in [-0.25, -0.2) is 0 Å². The Kier molecular flexibility index (Phi) is 10.7. The van der Waals surface area contributed by atoms with Gasteiger partial charge < -0.3 is 24.1 Å². The Morgan fingerprint density at radius 1 is 1.17 bits per heavy atom. The topological polar surface area (TPSA) is 68.2 Å².